The zero-order chi connectivity index (χ0) is 33.8. The molecule has 1 amide bonds. The predicted molar refractivity (Wildman–Crippen MR) is 179 cm³/mol. The molecule has 4 aliphatic heterocycles. The van der Waals surface area contributed by atoms with Crippen LogP contribution in [0.4, 0.5) is 4.79 Å². The molecular weight excluding hydrogens is 661 g/mol. The molecule has 0 aromatic heterocycles. The monoisotopic (exact) mass is 704 g/mol. The van der Waals surface area contributed by atoms with Crippen molar-refractivity contribution in [3.8, 4) is 17.2 Å². The van der Waals surface area contributed by atoms with E-state index in [2.05, 4.69) is 23.0 Å². The molecule has 6 atom stereocenters. The molecule has 4 aliphatic rings. The first-order valence-corrected chi connectivity index (χ1v) is 18.6. The first-order chi connectivity index (χ1) is 23.0. The van der Waals surface area contributed by atoms with Crippen molar-refractivity contribution in [2.75, 3.05) is 39.7 Å². The van der Waals surface area contributed by atoms with Gasteiger partial charge in [0.05, 0.1) is 41.1 Å². The molecule has 2 aromatic rings. The van der Waals surface area contributed by atoms with Crippen LogP contribution in [-0.4, -0.2) is 88.4 Å². The minimum Gasteiger partial charge on any atom is -0.487 e. The summed E-state index contributed by atoms with van der Waals surface area (Å²) in [5.74, 6) is 1.54. The minimum atomic E-state index is -3.98. The zero-order valence-corrected chi connectivity index (χ0v) is 29.0. The molecule has 2 aromatic carbocycles. The van der Waals surface area contributed by atoms with Gasteiger partial charge >= 0.3 is 6.09 Å². The number of alkyl carbamates (subject to hydrolysis) is 1. The molecule has 0 radical (unpaired) electrons. The number of sulfonamides is 1. The van der Waals surface area contributed by atoms with Crippen LogP contribution in [0.15, 0.2) is 58.5 Å². The highest BCUT2D eigenvalue weighted by Crippen LogP contribution is 2.35. The largest absolute Gasteiger partial charge is 0.487 e. The van der Waals surface area contributed by atoms with E-state index in [1.807, 2.05) is 38.1 Å². The number of nitrogens with one attached hydrogen (secondary N) is 2. The molecule has 0 bridgehead atoms. The number of thioether (sulfide) groups is 1. The maximum absolute atomic E-state index is 14.0. The van der Waals surface area contributed by atoms with Crippen molar-refractivity contribution >= 4 is 27.9 Å². The van der Waals surface area contributed by atoms with Gasteiger partial charge in [-0.1, -0.05) is 26.0 Å². The van der Waals surface area contributed by atoms with E-state index in [4.69, 9.17) is 34.2 Å². The molecule has 48 heavy (non-hydrogen) atoms. The van der Waals surface area contributed by atoms with Crippen molar-refractivity contribution < 1.29 is 41.6 Å². The number of rotatable bonds is 14. The lowest BCUT2D eigenvalue weighted by Crippen LogP contribution is -2.55. The van der Waals surface area contributed by atoms with Gasteiger partial charge in [-0.15, -0.1) is 11.8 Å². The molecule has 262 valence electrons. The standard InChI is InChI=1S/C33H44N4O9S2/c1-20(2)14-37(48(39,40)25-8-9-29-30(13-25)45-19-44-29)15-27(34)28(36-33(38)46-31-17-43-32-26(31)10-11-41-32)12-22-4-6-24(7-5-22)42-16-23-18-47-21(3)35-23/h4-9,13,18,20-21,26-28,31-32,35H,10-12,14-17,19,34H2,1-3H3,(H,36,38)/t21?,26-,27+,28-,31-,32+/m0/s1. The summed E-state index contributed by atoms with van der Waals surface area (Å²) in [6.07, 6.45) is -0.383. The topological polar surface area (TPSA) is 160 Å². The van der Waals surface area contributed by atoms with Crippen LogP contribution in [0.5, 0.6) is 17.2 Å². The summed E-state index contributed by atoms with van der Waals surface area (Å²) in [7, 11) is -3.98. The number of carbonyl (C=O) groups excluding carboxylic acids is 1. The second-order valence-electron chi connectivity index (χ2n) is 12.8. The molecule has 13 nitrogen and oxygen atoms in total. The van der Waals surface area contributed by atoms with Crippen molar-refractivity contribution in [1.82, 2.24) is 14.9 Å². The lowest BCUT2D eigenvalue weighted by molar-refractivity contribution is -0.0907. The SMILES string of the molecule is CC(C)CN(C[C@@H](N)[C@H](Cc1ccc(OCC2=CSC(C)N2)cc1)NC(=O)O[C@H]1CO[C@H]2OCC[C@H]21)S(=O)(=O)c1ccc2c(c1)OCO2. The molecule has 0 saturated carbocycles. The number of carbonyl (C=O) groups is 1. The Morgan fingerprint density at radius 3 is 2.67 bits per heavy atom. The fourth-order valence-corrected chi connectivity index (χ4v) is 8.51. The summed E-state index contributed by atoms with van der Waals surface area (Å²) in [6, 6.07) is 10.7. The maximum Gasteiger partial charge on any atom is 0.407 e. The molecule has 6 rings (SSSR count). The van der Waals surface area contributed by atoms with Crippen LogP contribution in [0.25, 0.3) is 0 Å². The summed E-state index contributed by atoms with van der Waals surface area (Å²) >= 11 is 1.71. The first-order valence-electron chi connectivity index (χ1n) is 16.2. The fourth-order valence-electron chi connectivity index (χ4n) is 6.13. The third-order valence-corrected chi connectivity index (χ3v) is 11.4. The van der Waals surface area contributed by atoms with Crippen LogP contribution in [-0.2, 0) is 30.7 Å². The fraction of sp³-hybridized carbons (Fsp3) is 0.545. The van der Waals surface area contributed by atoms with E-state index >= 15 is 0 Å². The molecule has 15 heteroatoms. The Kier molecular flexibility index (Phi) is 10.9. The van der Waals surface area contributed by atoms with E-state index in [-0.39, 0.29) is 49.5 Å². The lowest BCUT2D eigenvalue weighted by Gasteiger charge is -2.31. The Hall–Kier alpha value is -3.21. The van der Waals surface area contributed by atoms with Gasteiger partial charge in [0.2, 0.25) is 16.8 Å². The Balaban J connectivity index is 1.17. The second kappa shape index (κ2) is 15.1. The Labute approximate surface area is 285 Å². The predicted octanol–water partition coefficient (Wildman–Crippen LogP) is 3.39. The van der Waals surface area contributed by atoms with Gasteiger partial charge in [0, 0.05) is 25.2 Å². The number of nitrogens with zero attached hydrogens (tertiary/aromatic N) is 1. The number of nitrogens with two attached hydrogens (primary N) is 1. The van der Waals surface area contributed by atoms with Gasteiger partial charge in [-0.25, -0.2) is 13.2 Å². The smallest absolute Gasteiger partial charge is 0.407 e. The highest BCUT2D eigenvalue weighted by Gasteiger charge is 2.44. The highest BCUT2D eigenvalue weighted by molar-refractivity contribution is 8.02. The molecule has 1 unspecified atom stereocenters. The van der Waals surface area contributed by atoms with Crippen LogP contribution >= 0.6 is 11.8 Å². The average molecular weight is 705 g/mol. The number of benzene rings is 2. The van der Waals surface area contributed by atoms with E-state index in [1.165, 1.54) is 16.4 Å². The van der Waals surface area contributed by atoms with Gasteiger partial charge in [-0.2, -0.15) is 4.31 Å². The van der Waals surface area contributed by atoms with Crippen LogP contribution < -0.4 is 30.6 Å². The molecule has 4 heterocycles. The number of hydrogen-bond donors (Lipinski definition) is 3. The van der Waals surface area contributed by atoms with E-state index in [0.717, 1.165) is 17.7 Å². The third kappa shape index (κ3) is 8.32. The van der Waals surface area contributed by atoms with Gasteiger partial charge in [-0.05, 0) is 60.9 Å². The maximum atomic E-state index is 14.0. The van der Waals surface area contributed by atoms with E-state index in [9.17, 15) is 13.2 Å². The normalized spacial score (nSPS) is 24.2. The first kappa shape index (κ1) is 34.6. The summed E-state index contributed by atoms with van der Waals surface area (Å²) in [4.78, 5) is 13.4. The van der Waals surface area contributed by atoms with Crippen molar-refractivity contribution in [2.24, 2.45) is 17.6 Å². The molecule has 0 aliphatic carbocycles. The third-order valence-electron chi connectivity index (χ3n) is 8.61. The zero-order valence-electron chi connectivity index (χ0n) is 27.3. The Morgan fingerprint density at radius 1 is 1.12 bits per heavy atom. The van der Waals surface area contributed by atoms with Gasteiger partial charge in [0.15, 0.2) is 17.8 Å². The molecule has 0 spiro atoms. The molecule has 4 N–H and O–H groups in total. The lowest BCUT2D eigenvalue weighted by atomic mass is 9.99. The molecule has 2 saturated heterocycles. The van der Waals surface area contributed by atoms with E-state index < -0.39 is 34.3 Å². The van der Waals surface area contributed by atoms with Crippen LogP contribution in [0.2, 0.25) is 0 Å². The number of amides is 1. The highest BCUT2D eigenvalue weighted by atomic mass is 32.2. The van der Waals surface area contributed by atoms with Crippen molar-refractivity contribution in [3.63, 3.8) is 0 Å². The van der Waals surface area contributed by atoms with Gasteiger partial charge in [-0.3, -0.25) is 0 Å². The van der Waals surface area contributed by atoms with Crippen molar-refractivity contribution in [2.45, 2.75) is 68.4 Å². The number of fused-ring (bicyclic) bond motifs is 2. The number of ether oxygens (including phenoxy) is 6. The van der Waals surface area contributed by atoms with Gasteiger partial charge in [0.25, 0.3) is 0 Å². The number of hydrogen-bond acceptors (Lipinski definition) is 12. The van der Waals surface area contributed by atoms with Gasteiger partial charge in [0.1, 0.15) is 18.5 Å². The summed E-state index contributed by atoms with van der Waals surface area (Å²) in [5.41, 5.74) is 8.71. The van der Waals surface area contributed by atoms with Crippen LogP contribution in [0, 0.1) is 11.8 Å². The Bertz CT molecular complexity index is 1570. The molecule has 2 fully saturated rings. The minimum absolute atomic E-state index is 0.00542. The second-order valence-corrected chi connectivity index (χ2v) is 16.0. The van der Waals surface area contributed by atoms with Crippen molar-refractivity contribution in [1.29, 1.82) is 0 Å². The van der Waals surface area contributed by atoms with E-state index in [1.54, 1.807) is 17.8 Å². The van der Waals surface area contributed by atoms with Gasteiger partial charge < -0.3 is 44.8 Å². The van der Waals surface area contributed by atoms with Crippen LogP contribution in [0.1, 0.15) is 32.8 Å². The quantitative estimate of drug-likeness (QED) is 0.264. The van der Waals surface area contributed by atoms with Crippen LogP contribution in [0.3, 0.4) is 0 Å². The van der Waals surface area contributed by atoms with E-state index in [0.29, 0.717) is 42.3 Å². The van der Waals surface area contributed by atoms with Crippen molar-refractivity contribution in [3.05, 3.63) is 59.1 Å². The summed E-state index contributed by atoms with van der Waals surface area (Å²) in [5, 5.41) is 8.68. The average Bonchev–Trinajstić information content (AvgIpc) is 3.86. The Morgan fingerprint density at radius 2 is 1.92 bits per heavy atom. The summed E-state index contributed by atoms with van der Waals surface area (Å²) in [6.45, 7) is 7.40. The summed E-state index contributed by atoms with van der Waals surface area (Å²) < 4.78 is 63.1. The molecular formula is C33H44N4O9S2.